The highest BCUT2D eigenvalue weighted by atomic mass is 16.5. The van der Waals surface area contributed by atoms with Crippen LogP contribution in [0.15, 0.2) is 30.3 Å². The molecule has 28 heavy (non-hydrogen) atoms. The number of unbranched alkanes of at least 4 members (excludes halogenated alkanes) is 10. The Labute approximate surface area is 171 Å². The van der Waals surface area contributed by atoms with E-state index in [1.54, 1.807) is 12.1 Å². The Kier molecular flexibility index (Phi) is 14.9. The number of rotatable bonds is 17. The molecule has 0 aliphatic heterocycles. The number of ether oxygens (including phenoxy) is 2. The Morgan fingerprint density at radius 2 is 1.21 bits per heavy atom. The first-order valence-electron chi connectivity index (χ1n) is 11.1. The van der Waals surface area contributed by atoms with Crippen molar-refractivity contribution in [1.82, 2.24) is 0 Å². The number of benzene rings is 1. The topological polar surface area (TPSA) is 52.6 Å². The normalized spacial score (nSPS) is 10.6. The summed E-state index contributed by atoms with van der Waals surface area (Å²) in [5, 5.41) is 0. The molecule has 158 valence electrons. The lowest BCUT2D eigenvalue weighted by Gasteiger charge is -2.05. The van der Waals surface area contributed by atoms with Crippen LogP contribution in [0.25, 0.3) is 0 Å². The maximum atomic E-state index is 11.7. The molecule has 0 aliphatic carbocycles. The van der Waals surface area contributed by atoms with Crippen LogP contribution in [-0.2, 0) is 14.3 Å². The van der Waals surface area contributed by atoms with E-state index in [-0.39, 0.29) is 11.9 Å². The molecule has 0 fully saturated rings. The molecular weight excluding hydrogens is 352 g/mol. The van der Waals surface area contributed by atoms with Gasteiger partial charge in [0.05, 0.1) is 6.61 Å². The van der Waals surface area contributed by atoms with Crippen LogP contribution in [0.1, 0.15) is 96.8 Å². The molecule has 0 aromatic heterocycles. The number of esters is 2. The number of hydrogen-bond acceptors (Lipinski definition) is 4. The molecule has 0 atom stereocenters. The van der Waals surface area contributed by atoms with Gasteiger partial charge in [-0.15, -0.1) is 0 Å². The fraction of sp³-hybridized carbons (Fsp3) is 0.667. The first-order chi connectivity index (χ1) is 13.7. The standard InChI is InChI=1S/C24H38O4/c1-2-3-4-5-10-16-21-27-23(25)19-14-8-6-7-9-15-20-24(26)28-22-17-12-11-13-18-22/h11-13,17-18H,2-10,14-16,19-21H2,1H3. The molecule has 0 heterocycles. The molecule has 0 saturated heterocycles. The Morgan fingerprint density at radius 1 is 0.679 bits per heavy atom. The molecule has 0 unspecified atom stereocenters. The molecule has 4 nitrogen and oxygen atoms in total. The van der Waals surface area contributed by atoms with Crippen LogP contribution < -0.4 is 4.74 Å². The van der Waals surface area contributed by atoms with Crippen LogP contribution in [-0.4, -0.2) is 18.5 Å². The van der Waals surface area contributed by atoms with Gasteiger partial charge in [-0.2, -0.15) is 0 Å². The molecule has 0 amide bonds. The Bertz CT molecular complexity index is 513. The lowest BCUT2D eigenvalue weighted by molar-refractivity contribution is -0.144. The average molecular weight is 391 g/mol. The second-order valence-corrected chi connectivity index (χ2v) is 7.40. The molecule has 1 aromatic carbocycles. The number of carbonyl (C=O) groups excluding carboxylic acids is 2. The Morgan fingerprint density at radius 3 is 1.86 bits per heavy atom. The first-order valence-corrected chi connectivity index (χ1v) is 11.1. The summed E-state index contributed by atoms with van der Waals surface area (Å²) in [5.74, 6) is 0.382. The molecule has 0 radical (unpaired) electrons. The van der Waals surface area contributed by atoms with Crippen LogP contribution in [0.3, 0.4) is 0 Å². The maximum Gasteiger partial charge on any atom is 0.311 e. The molecule has 0 bridgehead atoms. The molecule has 0 aliphatic rings. The highest BCUT2D eigenvalue weighted by Gasteiger charge is 2.05. The van der Waals surface area contributed by atoms with Gasteiger partial charge in [-0.1, -0.05) is 82.9 Å². The second-order valence-electron chi connectivity index (χ2n) is 7.40. The van der Waals surface area contributed by atoms with E-state index < -0.39 is 0 Å². The summed E-state index contributed by atoms with van der Waals surface area (Å²) >= 11 is 0. The van der Waals surface area contributed by atoms with Crippen molar-refractivity contribution in [2.45, 2.75) is 96.8 Å². The summed E-state index contributed by atoms with van der Waals surface area (Å²) in [6.07, 6.45) is 14.2. The smallest absolute Gasteiger partial charge is 0.311 e. The van der Waals surface area contributed by atoms with Gasteiger partial charge in [0, 0.05) is 12.8 Å². The van der Waals surface area contributed by atoms with Crippen LogP contribution >= 0.6 is 0 Å². The summed E-state index contributed by atoms with van der Waals surface area (Å²) in [5.41, 5.74) is 0. The van der Waals surface area contributed by atoms with Crippen LogP contribution in [0.4, 0.5) is 0 Å². The van der Waals surface area contributed by atoms with E-state index in [9.17, 15) is 9.59 Å². The summed E-state index contributed by atoms with van der Waals surface area (Å²) < 4.78 is 10.5. The van der Waals surface area contributed by atoms with Gasteiger partial charge in [-0.25, -0.2) is 0 Å². The van der Waals surface area contributed by atoms with Crippen molar-refractivity contribution in [2.24, 2.45) is 0 Å². The Balaban J connectivity index is 1.84. The number of hydrogen-bond donors (Lipinski definition) is 0. The summed E-state index contributed by atoms with van der Waals surface area (Å²) in [7, 11) is 0. The number of carbonyl (C=O) groups is 2. The van der Waals surface area contributed by atoms with Gasteiger partial charge in [0.2, 0.25) is 0 Å². The fourth-order valence-corrected chi connectivity index (χ4v) is 3.06. The van der Waals surface area contributed by atoms with Crippen molar-refractivity contribution in [3.63, 3.8) is 0 Å². The minimum Gasteiger partial charge on any atom is -0.466 e. The third kappa shape index (κ3) is 14.2. The Hall–Kier alpha value is -1.84. The van der Waals surface area contributed by atoms with Crippen molar-refractivity contribution in [2.75, 3.05) is 6.61 Å². The van der Waals surface area contributed by atoms with Crippen molar-refractivity contribution in [3.8, 4) is 5.75 Å². The molecular formula is C24H38O4. The summed E-state index contributed by atoms with van der Waals surface area (Å²) in [6, 6.07) is 9.18. The van der Waals surface area contributed by atoms with Gasteiger partial charge in [0.15, 0.2) is 0 Å². The van der Waals surface area contributed by atoms with E-state index in [4.69, 9.17) is 9.47 Å². The first kappa shape index (κ1) is 24.2. The van der Waals surface area contributed by atoms with E-state index in [1.165, 1.54) is 25.7 Å². The van der Waals surface area contributed by atoms with Gasteiger partial charge >= 0.3 is 11.9 Å². The third-order valence-electron chi connectivity index (χ3n) is 4.75. The lowest BCUT2D eigenvalue weighted by Crippen LogP contribution is -2.07. The minimum atomic E-state index is -0.167. The largest absolute Gasteiger partial charge is 0.466 e. The SMILES string of the molecule is CCCCCCCCOC(=O)CCCCCCCCC(=O)Oc1ccccc1. The molecule has 4 heteroatoms. The zero-order chi connectivity index (χ0) is 20.3. The molecule has 0 saturated carbocycles. The van der Waals surface area contributed by atoms with E-state index in [0.717, 1.165) is 51.4 Å². The van der Waals surface area contributed by atoms with Gasteiger partial charge in [0.25, 0.3) is 0 Å². The number of para-hydroxylation sites is 1. The van der Waals surface area contributed by atoms with Crippen LogP contribution in [0.5, 0.6) is 5.75 Å². The highest BCUT2D eigenvalue weighted by molar-refractivity contribution is 5.72. The molecule has 0 N–H and O–H groups in total. The maximum absolute atomic E-state index is 11.7. The van der Waals surface area contributed by atoms with E-state index in [2.05, 4.69) is 6.92 Å². The van der Waals surface area contributed by atoms with Crippen molar-refractivity contribution < 1.29 is 19.1 Å². The minimum absolute atomic E-state index is 0.0581. The third-order valence-corrected chi connectivity index (χ3v) is 4.75. The van der Waals surface area contributed by atoms with Gasteiger partial charge < -0.3 is 9.47 Å². The van der Waals surface area contributed by atoms with Gasteiger partial charge in [-0.05, 0) is 31.4 Å². The van der Waals surface area contributed by atoms with Gasteiger partial charge in [0.1, 0.15) is 5.75 Å². The summed E-state index contributed by atoms with van der Waals surface area (Å²) in [4.78, 5) is 23.4. The molecule has 1 rings (SSSR count). The van der Waals surface area contributed by atoms with E-state index >= 15 is 0 Å². The predicted molar refractivity (Wildman–Crippen MR) is 113 cm³/mol. The predicted octanol–water partition coefficient (Wildman–Crippen LogP) is 6.62. The van der Waals surface area contributed by atoms with Crippen LogP contribution in [0, 0.1) is 0 Å². The molecule has 0 spiro atoms. The summed E-state index contributed by atoms with van der Waals surface area (Å²) in [6.45, 7) is 2.79. The molecule has 1 aromatic rings. The van der Waals surface area contributed by atoms with Gasteiger partial charge in [-0.3, -0.25) is 9.59 Å². The lowest BCUT2D eigenvalue weighted by atomic mass is 10.1. The average Bonchev–Trinajstić information content (AvgIpc) is 2.70. The monoisotopic (exact) mass is 390 g/mol. The van der Waals surface area contributed by atoms with E-state index in [1.807, 2.05) is 18.2 Å². The van der Waals surface area contributed by atoms with Crippen molar-refractivity contribution >= 4 is 11.9 Å². The highest BCUT2D eigenvalue weighted by Crippen LogP contribution is 2.13. The zero-order valence-electron chi connectivity index (χ0n) is 17.6. The zero-order valence-corrected chi connectivity index (χ0v) is 17.6. The van der Waals surface area contributed by atoms with Crippen molar-refractivity contribution in [1.29, 1.82) is 0 Å². The van der Waals surface area contributed by atoms with E-state index in [0.29, 0.717) is 25.2 Å². The van der Waals surface area contributed by atoms with Crippen molar-refractivity contribution in [3.05, 3.63) is 30.3 Å². The van der Waals surface area contributed by atoms with Crippen LogP contribution in [0.2, 0.25) is 0 Å². The second kappa shape index (κ2) is 17.3. The fourth-order valence-electron chi connectivity index (χ4n) is 3.06. The quantitative estimate of drug-likeness (QED) is 0.170.